The van der Waals surface area contributed by atoms with Gasteiger partial charge in [0, 0.05) is 24.2 Å². The van der Waals surface area contributed by atoms with Crippen LogP contribution in [0.1, 0.15) is 34.6 Å². The van der Waals surface area contributed by atoms with Gasteiger partial charge in [-0.15, -0.1) is 0 Å². The van der Waals surface area contributed by atoms with Crippen molar-refractivity contribution in [2.75, 3.05) is 25.0 Å². The van der Waals surface area contributed by atoms with Crippen LogP contribution in [0.3, 0.4) is 0 Å². The molecule has 0 N–H and O–H groups in total. The molecule has 1 fully saturated rings. The van der Waals surface area contributed by atoms with Gasteiger partial charge in [-0.3, -0.25) is 4.79 Å². The first-order valence-electron chi connectivity index (χ1n) is 9.51. The molecule has 6 heteroatoms. The number of aryl methyl sites for hydroxylation is 1. The minimum Gasteiger partial charge on any atom is -0.308 e. The third-order valence-corrected chi connectivity index (χ3v) is 5.83. The number of hydrogen-bond acceptors (Lipinski definition) is 2. The molecule has 1 amide bonds. The summed E-state index contributed by atoms with van der Waals surface area (Å²) in [5, 5.41) is 0. The Kier molecular flexibility index (Phi) is 4.70. The van der Waals surface area contributed by atoms with Crippen molar-refractivity contribution in [3.63, 3.8) is 0 Å². The van der Waals surface area contributed by atoms with E-state index in [2.05, 4.69) is 18.0 Å². The van der Waals surface area contributed by atoms with Crippen LogP contribution in [0.5, 0.6) is 0 Å². The maximum atomic E-state index is 13.2. The van der Waals surface area contributed by atoms with Crippen LogP contribution >= 0.6 is 0 Å². The minimum atomic E-state index is -4.41. The highest BCUT2D eigenvalue weighted by molar-refractivity contribution is 5.98. The Balaban J connectivity index is 1.64. The average molecular weight is 388 g/mol. The fourth-order valence-electron chi connectivity index (χ4n) is 4.52. The summed E-state index contributed by atoms with van der Waals surface area (Å²) in [6.07, 6.45) is -3.57. The van der Waals surface area contributed by atoms with Crippen LogP contribution in [-0.4, -0.2) is 37.0 Å². The van der Waals surface area contributed by atoms with Gasteiger partial charge in [0.05, 0.1) is 12.0 Å². The molecule has 0 bridgehead atoms. The molecule has 0 radical (unpaired) electrons. The van der Waals surface area contributed by atoms with Gasteiger partial charge in [-0.05, 0) is 50.2 Å². The molecule has 2 heterocycles. The highest BCUT2D eigenvalue weighted by Gasteiger charge is 2.43. The summed E-state index contributed by atoms with van der Waals surface area (Å²) in [6.45, 7) is 3.82. The van der Waals surface area contributed by atoms with Crippen molar-refractivity contribution in [2.24, 2.45) is 0 Å². The van der Waals surface area contributed by atoms with Gasteiger partial charge in [-0.25, -0.2) is 0 Å². The lowest BCUT2D eigenvalue weighted by Crippen LogP contribution is -2.47. The zero-order valence-electron chi connectivity index (χ0n) is 16.0. The van der Waals surface area contributed by atoms with E-state index in [4.69, 9.17) is 0 Å². The van der Waals surface area contributed by atoms with E-state index in [0.29, 0.717) is 5.56 Å². The average Bonchev–Trinajstić information content (AvgIpc) is 2.94. The van der Waals surface area contributed by atoms with Gasteiger partial charge in [0.25, 0.3) is 0 Å². The summed E-state index contributed by atoms with van der Waals surface area (Å²) in [5.41, 5.74) is 2.91. The molecule has 2 aliphatic rings. The molecule has 0 unspecified atom stereocenters. The first kappa shape index (κ1) is 19.0. The molecule has 28 heavy (non-hydrogen) atoms. The third kappa shape index (κ3) is 3.41. The molecule has 0 spiro atoms. The lowest BCUT2D eigenvalue weighted by molar-refractivity contribution is -0.137. The van der Waals surface area contributed by atoms with Crippen LogP contribution in [0.2, 0.25) is 0 Å². The summed E-state index contributed by atoms with van der Waals surface area (Å²) < 4.78 is 39.0. The first-order valence-corrected chi connectivity index (χ1v) is 9.51. The molecule has 2 aromatic rings. The van der Waals surface area contributed by atoms with Gasteiger partial charge in [0.1, 0.15) is 0 Å². The number of rotatable bonds is 2. The van der Waals surface area contributed by atoms with Crippen LogP contribution < -0.4 is 4.90 Å². The van der Waals surface area contributed by atoms with E-state index in [-0.39, 0.29) is 24.3 Å². The number of hydrogen-bond donors (Lipinski definition) is 0. The maximum Gasteiger partial charge on any atom is 0.416 e. The van der Waals surface area contributed by atoms with Gasteiger partial charge in [0.2, 0.25) is 5.91 Å². The molecule has 3 nitrogen and oxygen atoms in total. The molecule has 2 aliphatic heterocycles. The van der Waals surface area contributed by atoms with E-state index < -0.39 is 11.7 Å². The van der Waals surface area contributed by atoms with Crippen molar-refractivity contribution in [1.29, 1.82) is 0 Å². The third-order valence-electron chi connectivity index (χ3n) is 5.83. The number of anilines is 1. The summed E-state index contributed by atoms with van der Waals surface area (Å²) in [4.78, 5) is 17.3. The number of alkyl halides is 3. The fraction of sp³-hybridized carbons (Fsp3) is 0.409. The molecule has 0 aromatic heterocycles. The van der Waals surface area contributed by atoms with Crippen molar-refractivity contribution < 1.29 is 18.0 Å². The number of likely N-dealkylation sites (N-methyl/N-ethyl adjacent to an activating group) is 1. The van der Waals surface area contributed by atoms with Crippen molar-refractivity contribution >= 4 is 11.6 Å². The van der Waals surface area contributed by atoms with Gasteiger partial charge in [-0.2, -0.15) is 13.2 Å². The largest absolute Gasteiger partial charge is 0.416 e. The van der Waals surface area contributed by atoms with Gasteiger partial charge in [-0.1, -0.05) is 35.9 Å². The Labute approximate surface area is 162 Å². The predicted octanol–water partition coefficient (Wildman–Crippen LogP) is 4.39. The highest BCUT2D eigenvalue weighted by atomic mass is 19.4. The number of likely N-dealkylation sites (tertiary alicyclic amines) is 1. The van der Waals surface area contributed by atoms with Crippen molar-refractivity contribution in [3.05, 3.63) is 64.7 Å². The molecular formula is C22H23F3N2O. The lowest BCUT2D eigenvalue weighted by atomic mass is 9.88. The zero-order valence-corrected chi connectivity index (χ0v) is 16.0. The van der Waals surface area contributed by atoms with E-state index in [1.165, 1.54) is 11.6 Å². The maximum absolute atomic E-state index is 13.2. The number of nitrogens with zero attached hydrogens (tertiary/aromatic N) is 2. The molecule has 1 saturated heterocycles. The molecule has 148 valence electrons. The standard InChI is InChI=1S/C22H23F3N2O/c1-14-6-7-19-17(10-14)18-13-26(2)9-8-20(18)27(19)21(28)12-15-4-3-5-16(11-15)22(23,24)25/h3-7,10-11,18,20H,8-9,12-13H2,1-2H3/t18-,20-/m0/s1. The second-order valence-corrected chi connectivity index (χ2v) is 7.93. The topological polar surface area (TPSA) is 23.6 Å². The Morgan fingerprint density at radius 3 is 2.71 bits per heavy atom. The summed E-state index contributed by atoms with van der Waals surface area (Å²) in [6, 6.07) is 11.3. The lowest BCUT2D eigenvalue weighted by Gasteiger charge is -2.36. The van der Waals surface area contributed by atoms with Crippen LogP contribution in [0, 0.1) is 6.92 Å². The number of fused-ring (bicyclic) bond motifs is 3. The van der Waals surface area contributed by atoms with Gasteiger partial charge < -0.3 is 9.80 Å². The summed E-state index contributed by atoms with van der Waals surface area (Å²) >= 11 is 0. The number of carbonyl (C=O) groups excluding carboxylic acids is 1. The normalized spacial score (nSPS) is 22.1. The minimum absolute atomic E-state index is 0.0315. The quantitative estimate of drug-likeness (QED) is 0.762. The zero-order chi connectivity index (χ0) is 20.1. The highest BCUT2D eigenvalue weighted by Crippen LogP contribution is 2.45. The Morgan fingerprint density at radius 2 is 1.96 bits per heavy atom. The first-order chi connectivity index (χ1) is 13.2. The second-order valence-electron chi connectivity index (χ2n) is 7.93. The Morgan fingerprint density at radius 1 is 1.18 bits per heavy atom. The van der Waals surface area contributed by atoms with E-state index in [9.17, 15) is 18.0 Å². The van der Waals surface area contributed by atoms with Crippen LogP contribution in [0.15, 0.2) is 42.5 Å². The molecule has 2 atom stereocenters. The molecule has 0 saturated carbocycles. The molecule has 0 aliphatic carbocycles. The van der Waals surface area contributed by atoms with E-state index in [1.807, 2.05) is 24.0 Å². The van der Waals surface area contributed by atoms with E-state index >= 15 is 0 Å². The second kappa shape index (κ2) is 6.92. The summed E-state index contributed by atoms with van der Waals surface area (Å²) in [7, 11) is 2.08. The monoisotopic (exact) mass is 388 g/mol. The predicted molar refractivity (Wildman–Crippen MR) is 102 cm³/mol. The molecule has 2 aromatic carbocycles. The van der Waals surface area contributed by atoms with Crippen molar-refractivity contribution in [2.45, 2.75) is 37.9 Å². The van der Waals surface area contributed by atoms with Crippen molar-refractivity contribution in [3.8, 4) is 0 Å². The fourth-order valence-corrected chi connectivity index (χ4v) is 4.52. The van der Waals surface area contributed by atoms with E-state index in [0.717, 1.165) is 42.9 Å². The van der Waals surface area contributed by atoms with Crippen molar-refractivity contribution in [1.82, 2.24) is 4.90 Å². The number of piperidine rings is 1. The number of carbonyl (C=O) groups is 1. The molecule has 4 rings (SSSR count). The van der Waals surface area contributed by atoms with E-state index in [1.54, 1.807) is 6.07 Å². The van der Waals surface area contributed by atoms with Crippen LogP contribution in [0.4, 0.5) is 18.9 Å². The Hall–Kier alpha value is -2.34. The number of halogens is 3. The van der Waals surface area contributed by atoms with Gasteiger partial charge in [0.15, 0.2) is 0 Å². The number of benzene rings is 2. The molecular weight excluding hydrogens is 365 g/mol. The summed E-state index contributed by atoms with van der Waals surface area (Å²) in [5.74, 6) is 0.112. The van der Waals surface area contributed by atoms with Gasteiger partial charge >= 0.3 is 6.18 Å². The smallest absolute Gasteiger partial charge is 0.308 e. The van der Waals surface area contributed by atoms with Crippen LogP contribution in [-0.2, 0) is 17.4 Å². The SMILES string of the molecule is Cc1ccc2c(c1)[C@@H]1CN(C)CC[C@@H]1N2C(=O)Cc1cccc(C(F)(F)F)c1. The number of amides is 1. The van der Waals surface area contributed by atoms with Crippen LogP contribution in [0.25, 0.3) is 0 Å². The Bertz CT molecular complexity index is 909.